The van der Waals surface area contributed by atoms with Gasteiger partial charge >= 0.3 is 0 Å². The van der Waals surface area contributed by atoms with Crippen LogP contribution in [0, 0.1) is 10.1 Å². The predicted molar refractivity (Wildman–Crippen MR) is 163 cm³/mol. The van der Waals surface area contributed by atoms with Crippen LogP contribution in [0.1, 0.15) is 18.1 Å². The molecule has 1 amide bonds. The fourth-order valence-electron chi connectivity index (χ4n) is 3.92. The van der Waals surface area contributed by atoms with Crippen molar-refractivity contribution in [2.75, 3.05) is 17.5 Å². The first kappa shape index (κ1) is 31.0. The fraction of sp³-hybridized carbons (Fsp3) is 0.133. The Balaban J connectivity index is 1.49. The molecule has 13 heteroatoms. The SMILES string of the molecule is CCOc1cc(/C=N\NC(=O)CN(c2cccc([N+](=O)[O-])c2)S(=O)(=O)c2ccccc2)ccc1OCc1cccc(Cl)c1. The smallest absolute Gasteiger partial charge is 0.271 e. The summed E-state index contributed by atoms with van der Waals surface area (Å²) in [4.78, 5) is 23.4. The minimum absolute atomic E-state index is 0.0492. The molecule has 0 spiro atoms. The van der Waals surface area contributed by atoms with Crippen LogP contribution in [0.4, 0.5) is 11.4 Å². The van der Waals surface area contributed by atoms with E-state index < -0.39 is 27.4 Å². The zero-order valence-electron chi connectivity index (χ0n) is 22.9. The van der Waals surface area contributed by atoms with E-state index in [0.717, 1.165) is 15.9 Å². The molecule has 0 fully saturated rings. The Morgan fingerprint density at radius 1 is 0.977 bits per heavy atom. The number of hydrazone groups is 1. The Hall–Kier alpha value is -4.94. The first-order chi connectivity index (χ1) is 20.7. The zero-order chi connectivity index (χ0) is 30.8. The summed E-state index contributed by atoms with van der Waals surface area (Å²) in [6.07, 6.45) is 1.37. The molecule has 0 aromatic heterocycles. The third-order valence-corrected chi connectivity index (χ3v) is 7.92. The molecule has 0 atom stereocenters. The summed E-state index contributed by atoms with van der Waals surface area (Å²) in [6.45, 7) is 1.81. The normalized spacial score (nSPS) is 11.2. The molecule has 4 aromatic rings. The lowest BCUT2D eigenvalue weighted by Gasteiger charge is -2.23. The van der Waals surface area contributed by atoms with E-state index in [-0.39, 0.29) is 22.9 Å². The highest BCUT2D eigenvalue weighted by Crippen LogP contribution is 2.29. The van der Waals surface area contributed by atoms with Crippen molar-refractivity contribution in [3.63, 3.8) is 0 Å². The van der Waals surface area contributed by atoms with Crippen molar-refractivity contribution in [1.82, 2.24) is 5.43 Å². The number of sulfonamides is 1. The van der Waals surface area contributed by atoms with Crippen molar-refractivity contribution in [2.45, 2.75) is 18.4 Å². The van der Waals surface area contributed by atoms with Crippen LogP contribution in [-0.4, -0.2) is 38.6 Å². The maximum Gasteiger partial charge on any atom is 0.271 e. The van der Waals surface area contributed by atoms with Crippen LogP contribution in [0.3, 0.4) is 0 Å². The lowest BCUT2D eigenvalue weighted by atomic mass is 10.2. The molecule has 0 unspecified atom stereocenters. The van der Waals surface area contributed by atoms with Gasteiger partial charge in [-0.05, 0) is 66.6 Å². The van der Waals surface area contributed by atoms with Crippen molar-refractivity contribution < 1.29 is 27.6 Å². The molecule has 0 radical (unpaired) electrons. The molecule has 0 bridgehead atoms. The molecule has 0 saturated carbocycles. The number of nitrogens with one attached hydrogen (secondary N) is 1. The summed E-state index contributed by atoms with van der Waals surface area (Å²) in [7, 11) is -4.25. The second-order valence-corrected chi connectivity index (χ2v) is 11.3. The van der Waals surface area contributed by atoms with Gasteiger partial charge in [0.25, 0.3) is 21.6 Å². The Morgan fingerprint density at radius 3 is 2.47 bits per heavy atom. The van der Waals surface area contributed by atoms with E-state index in [1.54, 1.807) is 36.4 Å². The number of nitro benzene ring substituents is 1. The largest absolute Gasteiger partial charge is 0.490 e. The summed E-state index contributed by atoms with van der Waals surface area (Å²) >= 11 is 6.04. The van der Waals surface area contributed by atoms with Crippen LogP contribution in [0.15, 0.2) is 107 Å². The van der Waals surface area contributed by atoms with Gasteiger partial charge in [-0.1, -0.05) is 48.0 Å². The van der Waals surface area contributed by atoms with Crippen LogP contribution in [0.5, 0.6) is 11.5 Å². The summed E-state index contributed by atoms with van der Waals surface area (Å²) in [6, 6.07) is 24.9. The van der Waals surface area contributed by atoms with Gasteiger partial charge in [0.2, 0.25) is 0 Å². The maximum atomic E-state index is 13.4. The van der Waals surface area contributed by atoms with Gasteiger partial charge in [0.15, 0.2) is 11.5 Å². The lowest BCUT2D eigenvalue weighted by Crippen LogP contribution is -2.39. The Bertz CT molecular complexity index is 1730. The highest BCUT2D eigenvalue weighted by molar-refractivity contribution is 7.92. The average molecular weight is 623 g/mol. The van der Waals surface area contributed by atoms with E-state index in [4.69, 9.17) is 21.1 Å². The van der Waals surface area contributed by atoms with E-state index in [1.165, 1.54) is 48.7 Å². The number of nitro groups is 1. The number of hydrogen-bond donors (Lipinski definition) is 1. The molecule has 4 rings (SSSR count). The Morgan fingerprint density at radius 2 is 1.74 bits per heavy atom. The Kier molecular flexibility index (Phi) is 10.3. The number of anilines is 1. The van der Waals surface area contributed by atoms with E-state index in [2.05, 4.69) is 10.5 Å². The molecular weight excluding hydrogens is 596 g/mol. The number of carbonyl (C=O) groups is 1. The quantitative estimate of drug-likeness (QED) is 0.117. The highest BCUT2D eigenvalue weighted by Gasteiger charge is 2.28. The minimum Gasteiger partial charge on any atom is -0.490 e. The van der Waals surface area contributed by atoms with E-state index in [9.17, 15) is 23.3 Å². The van der Waals surface area contributed by atoms with Crippen LogP contribution < -0.4 is 19.2 Å². The molecule has 0 aliphatic rings. The lowest BCUT2D eigenvalue weighted by molar-refractivity contribution is -0.384. The number of nitrogens with zero attached hydrogens (tertiary/aromatic N) is 3. The monoisotopic (exact) mass is 622 g/mol. The van der Waals surface area contributed by atoms with Gasteiger partial charge in [-0.3, -0.25) is 19.2 Å². The average Bonchev–Trinajstić information content (AvgIpc) is 3.00. The van der Waals surface area contributed by atoms with Gasteiger partial charge in [-0.2, -0.15) is 5.10 Å². The molecular formula is C30H27ClN4O7S. The predicted octanol–water partition coefficient (Wildman–Crippen LogP) is 5.57. The van der Waals surface area contributed by atoms with Crippen LogP contribution >= 0.6 is 11.6 Å². The van der Waals surface area contributed by atoms with Gasteiger partial charge in [0.05, 0.1) is 28.3 Å². The second-order valence-electron chi connectivity index (χ2n) is 8.95. The molecule has 222 valence electrons. The summed E-state index contributed by atoms with van der Waals surface area (Å²) < 4.78 is 39.3. The topological polar surface area (TPSA) is 140 Å². The van der Waals surface area contributed by atoms with E-state index >= 15 is 0 Å². The molecule has 0 saturated heterocycles. The molecule has 0 aliphatic heterocycles. The fourth-order valence-corrected chi connectivity index (χ4v) is 5.57. The van der Waals surface area contributed by atoms with Crippen LogP contribution in [0.25, 0.3) is 0 Å². The van der Waals surface area contributed by atoms with E-state index in [0.29, 0.717) is 28.7 Å². The summed E-state index contributed by atoms with van der Waals surface area (Å²) in [5.74, 6) is 0.195. The van der Waals surface area contributed by atoms with Crippen molar-refractivity contribution >= 4 is 45.1 Å². The Labute approximate surface area is 253 Å². The molecule has 1 N–H and O–H groups in total. The first-order valence-corrected chi connectivity index (χ1v) is 14.8. The third-order valence-electron chi connectivity index (χ3n) is 5.90. The number of carbonyl (C=O) groups excluding carboxylic acids is 1. The zero-order valence-corrected chi connectivity index (χ0v) is 24.5. The standard InChI is InChI=1S/C30H27ClN4O7S/c1-2-41-29-17-22(14-15-28(29)42-21-23-8-6-9-24(31)16-23)19-32-33-30(36)20-34(25-10-7-11-26(18-25)35(37)38)43(39,40)27-12-4-3-5-13-27/h3-19H,2,20-21H2,1H3,(H,33,36)/b32-19-. The van der Waals surface area contributed by atoms with E-state index in [1.807, 2.05) is 19.1 Å². The number of benzene rings is 4. The number of ether oxygens (including phenoxy) is 2. The third kappa shape index (κ3) is 8.31. The van der Waals surface area contributed by atoms with Gasteiger partial charge in [-0.15, -0.1) is 0 Å². The van der Waals surface area contributed by atoms with Crippen molar-refractivity contribution in [3.05, 3.63) is 123 Å². The minimum atomic E-state index is -4.25. The molecule has 43 heavy (non-hydrogen) atoms. The number of halogens is 1. The maximum absolute atomic E-state index is 13.4. The van der Waals surface area contributed by atoms with Gasteiger partial charge in [0.1, 0.15) is 13.2 Å². The summed E-state index contributed by atoms with van der Waals surface area (Å²) in [5.41, 5.74) is 3.40. The number of hydrogen-bond acceptors (Lipinski definition) is 8. The molecule has 0 heterocycles. The molecule has 4 aromatic carbocycles. The first-order valence-electron chi connectivity index (χ1n) is 13.0. The summed E-state index contributed by atoms with van der Waals surface area (Å²) in [5, 5.41) is 15.9. The van der Waals surface area contributed by atoms with Gasteiger partial charge in [-0.25, -0.2) is 13.8 Å². The molecule has 0 aliphatic carbocycles. The van der Waals surface area contributed by atoms with Gasteiger partial charge in [0, 0.05) is 17.2 Å². The van der Waals surface area contributed by atoms with Crippen molar-refractivity contribution in [3.8, 4) is 11.5 Å². The van der Waals surface area contributed by atoms with Crippen LogP contribution in [-0.2, 0) is 21.4 Å². The molecule has 11 nitrogen and oxygen atoms in total. The highest BCUT2D eigenvalue weighted by atomic mass is 35.5. The number of non-ortho nitro benzene ring substituents is 1. The van der Waals surface area contributed by atoms with Gasteiger partial charge < -0.3 is 9.47 Å². The van der Waals surface area contributed by atoms with Crippen molar-refractivity contribution in [2.24, 2.45) is 5.10 Å². The second kappa shape index (κ2) is 14.3. The van der Waals surface area contributed by atoms with Crippen LogP contribution in [0.2, 0.25) is 5.02 Å². The van der Waals surface area contributed by atoms with Crippen molar-refractivity contribution in [1.29, 1.82) is 0 Å². The number of rotatable bonds is 13. The number of amides is 1.